The monoisotopic (exact) mass is 343 g/mol. The third-order valence-electron chi connectivity index (χ3n) is 4.76. The maximum atomic E-state index is 12.8. The van der Waals surface area contributed by atoms with Crippen molar-refractivity contribution < 1.29 is 14.3 Å². The Morgan fingerprint density at radius 1 is 1.36 bits per heavy atom. The SMILES string of the molecule is O=C(c1ccnnc1)N1CCOC[C@@]2(CC[C@@H](Cn3cccn3)O2)C1. The van der Waals surface area contributed by atoms with Crippen LogP contribution in [0.5, 0.6) is 0 Å². The lowest BCUT2D eigenvalue weighted by Gasteiger charge is -2.32. The molecule has 132 valence electrons. The van der Waals surface area contributed by atoms with Crippen molar-refractivity contribution in [2.75, 3.05) is 26.3 Å². The largest absolute Gasteiger partial charge is 0.377 e. The van der Waals surface area contributed by atoms with Crippen LogP contribution in [0.25, 0.3) is 0 Å². The highest BCUT2D eigenvalue weighted by Gasteiger charge is 2.44. The van der Waals surface area contributed by atoms with Crippen LogP contribution >= 0.6 is 0 Å². The van der Waals surface area contributed by atoms with Crippen molar-refractivity contribution >= 4 is 5.91 Å². The molecule has 25 heavy (non-hydrogen) atoms. The van der Waals surface area contributed by atoms with Gasteiger partial charge < -0.3 is 14.4 Å². The molecule has 1 amide bonds. The third-order valence-corrected chi connectivity index (χ3v) is 4.76. The van der Waals surface area contributed by atoms with Gasteiger partial charge in [-0.05, 0) is 25.0 Å². The van der Waals surface area contributed by atoms with E-state index in [0.717, 1.165) is 19.4 Å². The van der Waals surface area contributed by atoms with Crippen molar-refractivity contribution in [1.82, 2.24) is 24.9 Å². The van der Waals surface area contributed by atoms with Crippen LogP contribution in [0.2, 0.25) is 0 Å². The predicted molar refractivity (Wildman–Crippen MR) is 87.8 cm³/mol. The lowest BCUT2D eigenvalue weighted by Crippen LogP contribution is -2.46. The highest BCUT2D eigenvalue weighted by molar-refractivity contribution is 5.93. The van der Waals surface area contributed by atoms with Gasteiger partial charge in [0.05, 0.1) is 50.4 Å². The average Bonchev–Trinajstić information content (AvgIpc) is 3.23. The predicted octanol–water partition coefficient (Wildman–Crippen LogP) is 0.763. The first-order chi connectivity index (χ1) is 12.2. The molecule has 2 fully saturated rings. The summed E-state index contributed by atoms with van der Waals surface area (Å²) in [6.45, 7) is 2.83. The van der Waals surface area contributed by atoms with Crippen molar-refractivity contribution in [3.63, 3.8) is 0 Å². The summed E-state index contributed by atoms with van der Waals surface area (Å²) in [6.07, 6.45) is 8.62. The summed E-state index contributed by atoms with van der Waals surface area (Å²) >= 11 is 0. The van der Waals surface area contributed by atoms with Gasteiger partial charge in [0.2, 0.25) is 0 Å². The summed E-state index contributed by atoms with van der Waals surface area (Å²) < 4.78 is 14.0. The van der Waals surface area contributed by atoms with Gasteiger partial charge >= 0.3 is 0 Å². The van der Waals surface area contributed by atoms with Crippen LogP contribution in [0.1, 0.15) is 23.2 Å². The molecule has 8 heteroatoms. The standard InChI is InChI=1S/C17H21N5O3/c23-16(14-3-6-18-19-10-14)21-8-9-24-13-17(12-21)4-2-15(25-17)11-22-7-1-5-20-22/h1,3,5-7,10,15H,2,4,8-9,11-13H2/t15-,17+/m0/s1. The van der Waals surface area contributed by atoms with Gasteiger partial charge in [-0.2, -0.15) is 15.3 Å². The molecular formula is C17H21N5O3. The highest BCUT2D eigenvalue weighted by Crippen LogP contribution is 2.34. The fourth-order valence-corrected chi connectivity index (χ4v) is 3.54. The normalized spacial score (nSPS) is 26.7. The fraction of sp³-hybridized carbons (Fsp3) is 0.529. The van der Waals surface area contributed by atoms with E-state index in [4.69, 9.17) is 9.47 Å². The zero-order valence-corrected chi connectivity index (χ0v) is 14.0. The van der Waals surface area contributed by atoms with Crippen LogP contribution in [0.3, 0.4) is 0 Å². The number of aromatic nitrogens is 4. The first kappa shape index (κ1) is 16.2. The Bertz CT molecular complexity index is 708. The molecule has 2 aromatic rings. The summed E-state index contributed by atoms with van der Waals surface area (Å²) in [5, 5.41) is 11.8. The molecule has 0 radical (unpaired) electrons. The lowest BCUT2D eigenvalue weighted by molar-refractivity contribution is -0.0881. The molecule has 0 saturated carbocycles. The van der Waals surface area contributed by atoms with E-state index >= 15 is 0 Å². The molecule has 2 aromatic heterocycles. The molecule has 2 atom stereocenters. The number of carbonyl (C=O) groups is 1. The van der Waals surface area contributed by atoms with Crippen molar-refractivity contribution in [3.05, 3.63) is 42.5 Å². The molecule has 0 bridgehead atoms. The Balaban J connectivity index is 1.46. The molecule has 0 unspecified atom stereocenters. The van der Waals surface area contributed by atoms with Crippen LogP contribution in [0.15, 0.2) is 36.9 Å². The second kappa shape index (κ2) is 6.89. The van der Waals surface area contributed by atoms with Gasteiger partial charge in [-0.3, -0.25) is 9.48 Å². The molecule has 4 rings (SSSR count). The summed E-state index contributed by atoms with van der Waals surface area (Å²) in [7, 11) is 0. The molecule has 8 nitrogen and oxygen atoms in total. The zero-order valence-electron chi connectivity index (χ0n) is 14.0. The van der Waals surface area contributed by atoms with Gasteiger partial charge in [0.1, 0.15) is 5.60 Å². The van der Waals surface area contributed by atoms with Gasteiger partial charge in [0.15, 0.2) is 0 Å². The number of amides is 1. The molecular weight excluding hydrogens is 322 g/mol. The van der Waals surface area contributed by atoms with Crippen LogP contribution < -0.4 is 0 Å². The number of ether oxygens (including phenoxy) is 2. The Hall–Kier alpha value is -2.32. The van der Waals surface area contributed by atoms with Crippen LogP contribution in [-0.4, -0.2) is 68.8 Å². The zero-order chi connectivity index (χ0) is 17.1. The first-order valence-electron chi connectivity index (χ1n) is 8.53. The van der Waals surface area contributed by atoms with E-state index in [9.17, 15) is 4.79 Å². The Labute approximate surface area is 145 Å². The Morgan fingerprint density at radius 2 is 2.32 bits per heavy atom. The highest BCUT2D eigenvalue weighted by atomic mass is 16.6. The van der Waals surface area contributed by atoms with Gasteiger partial charge in [0.25, 0.3) is 5.91 Å². The first-order valence-corrected chi connectivity index (χ1v) is 8.53. The maximum absolute atomic E-state index is 12.8. The summed E-state index contributed by atoms with van der Waals surface area (Å²) in [5.41, 5.74) is 0.0999. The van der Waals surface area contributed by atoms with E-state index in [1.165, 1.54) is 12.4 Å². The smallest absolute Gasteiger partial charge is 0.255 e. The number of hydrogen-bond acceptors (Lipinski definition) is 6. The van der Waals surface area contributed by atoms with E-state index in [-0.39, 0.29) is 12.0 Å². The number of rotatable bonds is 3. The van der Waals surface area contributed by atoms with E-state index < -0.39 is 5.60 Å². The molecule has 2 aliphatic rings. The summed E-state index contributed by atoms with van der Waals surface area (Å²) in [4.78, 5) is 14.6. The van der Waals surface area contributed by atoms with Crippen LogP contribution in [0, 0.1) is 0 Å². The fourth-order valence-electron chi connectivity index (χ4n) is 3.54. The van der Waals surface area contributed by atoms with E-state index in [1.54, 1.807) is 17.2 Å². The van der Waals surface area contributed by atoms with Gasteiger partial charge in [-0.25, -0.2) is 0 Å². The minimum atomic E-state index is -0.440. The Kier molecular flexibility index (Phi) is 4.46. The minimum Gasteiger partial charge on any atom is -0.377 e. The second-order valence-corrected chi connectivity index (χ2v) is 6.60. The van der Waals surface area contributed by atoms with Gasteiger partial charge in [0, 0.05) is 18.9 Å². The Morgan fingerprint density at radius 3 is 3.12 bits per heavy atom. The van der Waals surface area contributed by atoms with E-state index in [0.29, 0.717) is 31.9 Å². The van der Waals surface area contributed by atoms with Crippen LogP contribution in [-0.2, 0) is 16.0 Å². The average molecular weight is 343 g/mol. The molecule has 1 spiro atoms. The van der Waals surface area contributed by atoms with Crippen molar-refractivity contribution in [2.24, 2.45) is 0 Å². The van der Waals surface area contributed by atoms with Crippen molar-refractivity contribution in [2.45, 2.75) is 31.1 Å². The molecule has 2 saturated heterocycles. The maximum Gasteiger partial charge on any atom is 0.255 e. The number of carbonyl (C=O) groups excluding carboxylic acids is 1. The third kappa shape index (κ3) is 3.54. The molecule has 2 aliphatic heterocycles. The van der Waals surface area contributed by atoms with Crippen molar-refractivity contribution in [3.8, 4) is 0 Å². The molecule has 0 N–H and O–H groups in total. The van der Waals surface area contributed by atoms with Crippen molar-refractivity contribution in [1.29, 1.82) is 0 Å². The lowest BCUT2D eigenvalue weighted by atomic mass is 10.00. The molecule has 0 aliphatic carbocycles. The molecule has 0 aromatic carbocycles. The molecule has 4 heterocycles. The van der Waals surface area contributed by atoms with E-state index in [1.807, 2.05) is 16.9 Å². The number of hydrogen-bond donors (Lipinski definition) is 0. The van der Waals surface area contributed by atoms with E-state index in [2.05, 4.69) is 15.3 Å². The second-order valence-electron chi connectivity index (χ2n) is 6.60. The quantitative estimate of drug-likeness (QED) is 0.818. The van der Waals surface area contributed by atoms with Gasteiger partial charge in [-0.15, -0.1) is 0 Å². The topological polar surface area (TPSA) is 82.4 Å². The number of nitrogens with zero attached hydrogens (tertiary/aromatic N) is 5. The summed E-state index contributed by atoms with van der Waals surface area (Å²) in [6, 6.07) is 3.59. The summed E-state index contributed by atoms with van der Waals surface area (Å²) in [5.74, 6) is -0.0566. The van der Waals surface area contributed by atoms with Crippen LogP contribution in [0.4, 0.5) is 0 Å². The van der Waals surface area contributed by atoms with Gasteiger partial charge in [-0.1, -0.05) is 0 Å². The minimum absolute atomic E-state index is 0.0566.